The minimum atomic E-state index is -0.709. The maximum atomic E-state index is 12.7. The first-order valence-corrected chi connectivity index (χ1v) is 9.33. The third kappa shape index (κ3) is 5.10. The Morgan fingerprint density at radius 3 is 2.18 bits per heavy atom. The maximum Gasteiger partial charge on any atom is 0.169 e. The van der Waals surface area contributed by atoms with Gasteiger partial charge in [-0.25, -0.2) is 0 Å². The SMILES string of the molecule is CC(C)C(=O)c1cc(N)cc(CC(C)C(=O)[C@@H](N)Cc2ccc(O)cc2)c1O. The number of hydrogen-bond acceptors (Lipinski definition) is 6. The molecule has 2 rings (SSSR count). The van der Waals surface area contributed by atoms with Gasteiger partial charge in [-0.05, 0) is 48.2 Å². The number of nitrogen functional groups attached to an aromatic ring is 1. The van der Waals surface area contributed by atoms with E-state index < -0.39 is 12.0 Å². The van der Waals surface area contributed by atoms with Gasteiger partial charge in [0.15, 0.2) is 11.6 Å². The van der Waals surface area contributed by atoms with Crippen LogP contribution in [0.25, 0.3) is 0 Å². The van der Waals surface area contributed by atoms with E-state index in [4.69, 9.17) is 11.5 Å². The quantitative estimate of drug-likeness (QED) is 0.315. The highest BCUT2D eigenvalue weighted by molar-refractivity contribution is 6.01. The number of hydrogen-bond donors (Lipinski definition) is 4. The van der Waals surface area contributed by atoms with Crippen LogP contribution in [0.3, 0.4) is 0 Å². The summed E-state index contributed by atoms with van der Waals surface area (Å²) < 4.78 is 0. The van der Waals surface area contributed by atoms with E-state index in [0.717, 1.165) is 5.56 Å². The van der Waals surface area contributed by atoms with Crippen LogP contribution < -0.4 is 11.5 Å². The summed E-state index contributed by atoms with van der Waals surface area (Å²) >= 11 is 0. The molecule has 2 atom stereocenters. The number of anilines is 1. The van der Waals surface area contributed by atoms with Crippen molar-refractivity contribution in [2.24, 2.45) is 17.6 Å². The van der Waals surface area contributed by atoms with Crippen LogP contribution in [0, 0.1) is 11.8 Å². The molecule has 2 aromatic carbocycles. The highest BCUT2D eigenvalue weighted by Gasteiger charge is 2.24. The van der Waals surface area contributed by atoms with E-state index in [0.29, 0.717) is 17.7 Å². The molecule has 0 aliphatic rings. The zero-order valence-corrected chi connectivity index (χ0v) is 16.5. The average Bonchev–Trinajstić information content (AvgIpc) is 2.64. The minimum absolute atomic E-state index is 0.125. The Bertz CT molecular complexity index is 860. The molecule has 0 bridgehead atoms. The number of aromatic hydroxyl groups is 2. The highest BCUT2D eigenvalue weighted by Crippen LogP contribution is 2.30. The van der Waals surface area contributed by atoms with Gasteiger partial charge in [0.2, 0.25) is 0 Å². The lowest BCUT2D eigenvalue weighted by Gasteiger charge is -2.18. The lowest BCUT2D eigenvalue weighted by atomic mass is 9.88. The molecule has 2 aromatic rings. The number of rotatable bonds is 8. The van der Waals surface area contributed by atoms with Crippen molar-refractivity contribution in [1.29, 1.82) is 0 Å². The number of benzene rings is 2. The second-order valence-corrected chi connectivity index (χ2v) is 7.58. The molecule has 0 fully saturated rings. The summed E-state index contributed by atoms with van der Waals surface area (Å²) in [7, 11) is 0. The van der Waals surface area contributed by atoms with Crippen molar-refractivity contribution in [3.8, 4) is 11.5 Å². The van der Waals surface area contributed by atoms with Gasteiger partial charge in [0.05, 0.1) is 11.6 Å². The molecule has 28 heavy (non-hydrogen) atoms. The number of carbonyl (C=O) groups excluding carboxylic acids is 2. The summed E-state index contributed by atoms with van der Waals surface area (Å²) in [6.45, 7) is 5.24. The highest BCUT2D eigenvalue weighted by atomic mass is 16.3. The fourth-order valence-electron chi connectivity index (χ4n) is 3.16. The van der Waals surface area contributed by atoms with Crippen LogP contribution in [0.1, 0.15) is 42.3 Å². The molecule has 6 nitrogen and oxygen atoms in total. The molecule has 1 unspecified atom stereocenters. The number of Topliss-reactive ketones (excluding diaryl/α,β-unsaturated/α-hetero) is 2. The number of phenols is 2. The third-order valence-electron chi connectivity index (χ3n) is 4.77. The average molecular weight is 384 g/mol. The van der Waals surface area contributed by atoms with Crippen LogP contribution in [-0.2, 0) is 17.6 Å². The molecule has 0 aliphatic heterocycles. The van der Waals surface area contributed by atoms with Gasteiger partial charge in [0, 0.05) is 17.5 Å². The number of ketones is 2. The summed E-state index contributed by atoms with van der Waals surface area (Å²) in [5.41, 5.74) is 13.8. The summed E-state index contributed by atoms with van der Waals surface area (Å²) in [4.78, 5) is 25.0. The molecule has 0 saturated carbocycles. The lowest BCUT2D eigenvalue weighted by Crippen LogP contribution is -2.37. The minimum Gasteiger partial charge on any atom is -0.508 e. The topological polar surface area (TPSA) is 127 Å². The van der Waals surface area contributed by atoms with Crippen LogP contribution in [0.5, 0.6) is 11.5 Å². The van der Waals surface area contributed by atoms with Crippen LogP contribution in [0.2, 0.25) is 0 Å². The second-order valence-electron chi connectivity index (χ2n) is 7.58. The summed E-state index contributed by atoms with van der Waals surface area (Å²) in [5, 5.41) is 19.9. The van der Waals surface area contributed by atoms with Gasteiger partial charge in [0.1, 0.15) is 11.5 Å². The molecule has 0 spiro atoms. The standard InChI is InChI=1S/C22H28N2O4/c1-12(2)20(26)18-11-16(23)10-15(22(18)28)8-13(3)21(27)19(24)9-14-4-6-17(25)7-5-14/h4-7,10-13,19,25,28H,8-9,23-24H2,1-3H3/t13?,19-/m0/s1. The molecule has 150 valence electrons. The van der Waals surface area contributed by atoms with Crippen molar-refractivity contribution in [1.82, 2.24) is 0 Å². The summed E-state index contributed by atoms with van der Waals surface area (Å²) in [6.07, 6.45) is 0.584. The van der Waals surface area contributed by atoms with E-state index in [1.807, 2.05) is 0 Å². The predicted molar refractivity (Wildman–Crippen MR) is 109 cm³/mol. The fraction of sp³-hybridized carbons (Fsp3) is 0.364. The van der Waals surface area contributed by atoms with Crippen molar-refractivity contribution in [3.05, 3.63) is 53.1 Å². The molecule has 0 amide bonds. The monoisotopic (exact) mass is 384 g/mol. The van der Waals surface area contributed by atoms with Crippen molar-refractivity contribution in [2.45, 2.75) is 39.7 Å². The Hall–Kier alpha value is -2.86. The van der Waals surface area contributed by atoms with E-state index in [1.165, 1.54) is 6.07 Å². The first-order chi connectivity index (χ1) is 13.1. The van der Waals surface area contributed by atoms with Crippen LogP contribution in [0.15, 0.2) is 36.4 Å². The van der Waals surface area contributed by atoms with Gasteiger partial charge in [-0.2, -0.15) is 0 Å². The van der Waals surface area contributed by atoms with Gasteiger partial charge >= 0.3 is 0 Å². The van der Waals surface area contributed by atoms with Crippen molar-refractivity contribution in [3.63, 3.8) is 0 Å². The Morgan fingerprint density at radius 2 is 1.61 bits per heavy atom. The lowest BCUT2D eigenvalue weighted by molar-refractivity contribution is -0.123. The Balaban J connectivity index is 2.14. The molecule has 0 aromatic heterocycles. The van der Waals surface area contributed by atoms with Crippen molar-refractivity contribution >= 4 is 17.3 Å². The van der Waals surface area contributed by atoms with Crippen LogP contribution in [-0.4, -0.2) is 27.8 Å². The largest absolute Gasteiger partial charge is 0.508 e. The van der Waals surface area contributed by atoms with Gasteiger partial charge in [-0.1, -0.05) is 32.9 Å². The first-order valence-electron chi connectivity index (χ1n) is 9.33. The zero-order valence-electron chi connectivity index (χ0n) is 16.5. The third-order valence-corrected chi connectivity index (χ3v) is 4.77. The normalized spacial score (nSPS) is 13.3. The van der Waals surface area contributed by atoms with E-state index >= 15 is 0 Å². The second kappa shape index (κ2) is 8.89. The van der Waals surface area contributed by atoms with Crippen LogP contribution >= 0.6 is 0 Å². The predicted octanol–water partition coefficient (Wildman–Crippen LogP) is 2.84. The van der Waals surface area contributed by atoms with Gasteiger partial charge in [-0.3, -0.25) is 9.59 Å². The van der Waals surface area contributed by atoms with E-state index in [9.17, 15) is 19.8 Å². The first kappa shape index (κ1) is 21.4. The number of phenolic OH excluding ortho intramolecular Hbond substituents is 2. The molecule has 6 heteroatoms. The number of carbonyl (C=O) groups is 2. The molecule has 0 saturated heterocycles. The number of nitrogens with two attached hydrogens (primary N) is 2. The van der Waals surface area contributed by atoms with Gasteiger partial charge in [0.25, 0.3) is 0 Å². The Kier molecular flexibility index (Phi) is 6.80. The van der Waals surface area contributed by atoms with Crippen LogP contribution in [0.4, 0.5) is 5.69 Å². The smallest absolute Gasteiger partial charge is 0.169 e. The fourth-order valence-corrected chi connectivity index (χ4v) is 3.16. The van der Waals surface area contributed by atoms with Gasteiger partial charge in [-0.15, -0.1) is 0 Å². The summed E-state index contributed by atoms with van der Waals surface area (Å²) in [5.74, 6) is -1.05. The molecule has 6 N–H and O–H groups in total. The molecular weight excluding hydrogens is 356 g/mol. The summed E-state index contributed by atoms with van der Waals surface area (Å²) in [6, 6.07) is 8.88. The van der Waals surface area contributed by atoms with E-state index in [-0.39, 0.29) is 41.0 Å². The van der Waals surface area contributed by atoms with Crippen molar-refractivity contribution < 1.29 is 19.8 Å². The molecular formula is C22H28N2O4. The molecule has 0 radical (unpaired) electrons. The zero-order chi connectivity index (χ0) is 21.0. The maximum absolute atomic E-state index is 12.7. The molecule has 0 heterocycles. The Labute approximate surface area is 165 Å². The van der Waals surface area contributed by atoms with Crippen molar-refractivity contribution in [2.75, 3.05) is 5.73 Å². The van der Waals surface area contributed by atoms with Gasteiger partial charge < -0.3 is 21.7 Å². The van der Waals surface area contributed by atoms with E-state index in [2.05, 4.69) is 0 Å². The Morgan fingerprint density at radius 1 is 1.00 bits per heavy atom. The van der Waals surface area contributed by atoms with E-state index in [1.54, 1.807) is 51.1 Å². The molecule has 0 aliphatic carbocycles.